The van der Waals surface area contributed by atoms with Crippen molar-refractivity contribution in [3.63, 3.8) is 0 Å². The third-order valence-electron chi connectivity index (χ3n) is 7.35. The number of benzene rings is 4. The van der Waals surface area contributed by atoms with Gasteiger partial charge in [0.2, 0.25) is 6.71 Å². The van der Waals surface area contributed by atoms with Crippen LogP contribution in [-0.4, -0.2) is 24.3 Å². The van der Waals surface area contributed by atoms with E-state index in [9.17, 15) is 0 Å². The second kappa shape index (κ2) is 14.9. The average molecular weight is 527 g/mol. The van der Waals surface area contributed by atoms with Crippen LogP contribution in [0.4, 0.5) is 0 Å². The molecule has 4 heteroatoms. The van der Waals surface area contributed by atoms with Crippen molar-refractivity contribution in [1.29, 1.82) is 0 Å². The maximum absolute atomic E-state index is 4.27. The first-order chi connectivity index (χ1) is 19.2. The topological polar surface area (TPSA) is 17.8 Å². The molecule has 0 aliphatic carbocycles. The molecule has 0 aliphatic heterocycles. The van der Waals surface area contributed by atoms with Gasteiger partial charge in [-0.1, -0.05) is 175 Å². The summed E-state index contributed by atoms with van der Waals surface area (Å²) in [5.41, 5.74) is 2.75. The van der Waals surface area contributed by atoms with E-state index in [1.165, 1.54) is 27.7 Å². The number of hydrogen-bond acceptors (Lipinski definition) is 1. The molecule has 4 aromatic carbocycles. The van der Waals surface area contributed by atoms with Gasteiger partial charge in [-0.3, -0.25) is 0 Å². The summed E-state index contributed by atoms with van der Waals surface area (Å²) in [6.45, 7) is 4.96. The molecule has 0 fully saturated rings. The van der Waals surface area contributed by atoms with Gasteiger partial charge in [0.1, 0.15) is 8.07 Å². The van der Waals surface area contributed by atoms with E-state index >= 15 is 0 Å². The van der Waals surface area contributed by atoms with Crippen LogP contribution in [0, 0.1) is 0 Å². The van der Waals surface area contributed by atoms with Crippen molar-refractivity contribution in [1.82, 2.24) is 9.55 Å². The predicted molar refractivity (Wildman–Crippen MR) is 173 cm³/mol. The average Bonchev–Trinajstić information content (AvgIpc) is 3.53. The molecule has 0 N–H and O–H groups in total. The van der Waals surface area contributed by atoms with E-state index in [4.69, 9.17) is 0 Å². The van der Waals surface area contributed by atoms with Crippen LogP contribution < -0.4 is 21.3 Å². The Morgan fingerprint density at radius 1 is 0.692 bits per heavy atom. The third-order valence-corrected chi connectivity index (χ3v) is 12.1. The number of nitrogens with zero attached hydrogens (tertiary/aromatic N) is 2. The Morgan fingerprint density at radius 2 is 1.18 bits per heavy atom. The molecule has 1 aromatic heterocycles. The molecule has 5 aromatic rings. The molecule has 0 saturated carbocycles. The highest BCUT2D eigenvalue weighted by Crippen LogP contribution is 2.16. The highest BCUT2D eigenvalue weighted by molar-refractivity contribution is 7.01. The van der Waals surface area contributed by atoms with Crippen molar-refractivity contribution >= 4 is 36.1 Å². The fourth-order valence-electron chi connectivity index (χ4n) is 5.10. The lowest BCUT2D eigenvalue weighted by molar-refractivity contribution is 0.854. The van der Waals surface area contributed by atoms with E-state index in [1.807, 2.05) is 12.5 Å². The molecule has 0 radical (unpaired) electrons. The van der Waals surface area contributed by atoms with Crippen LogP contribution in [0.1, 0.15) is 19.8 Å². The van der Waals surface area contributed by atoms with E-state index in [0.29, 0.717) is 6.71 Å². The van der Waals surface area contributed by atoms with Crippen LogP contribution in [0.3, 0.4) is 0 Å². The Morgan fingerprint density at radius 3 is 1.62 bits per heavy atom. The fourth-order valence-corrected chi connectivity index (χ4v) is 9.44. The van der Waals surface area contributed by atoms with Gasteiger partial charge in [-0.25, -0.2) is 4.98 Å². The monoisotopic (exact) mass is 526 g/mol. The minimum absolute atomic E-state index is 0.484. The first-order valence-corrected chi connectivity index (χ1v) is 16.5. The summed E-state index contributed by atoms with van der Waals surface area (Å²) in [6.07, 6.45) is 14.0. The highest BCUT2D eigenvalue weighted by Gasteiger charge is 2.36. The summed E-state index contributed by atoms with van der Waals surface area (Å²) < 4.78 is 2.25. The molecule has 0 saturated heterocycles. The van der Waals surface area contributed by atoms with Crippen LogP contribution >= 0.6 is 0 Å². The minimum Gasteiger partial charge on any atom is -0.340 e. The van der Waals surface area contributed by atoms with Crippen molar-refractivity contribution in [2.24, 2.45) is 0 Å². The second-order valence-electron chi connectivity index (χ2n) is 10.1. The Kier molecular flexibility index (Phi) is 10.7. The van der Waals surface area contributed by atoms with Crippen molar-refractivity contribution in [3.8, 4) is 0 Å². The predicted octanol–water partition coefficient (Wildman–Crippen LogP) is 5.97. The number of aromatic nitrogens is 2. The summed E-state index contributed by atoms with van der Waals surface area (Å²) in [7, 11) is -1.97. The molecule has 0 spiro atoms. The highest BCUT2D eigenvalue weighted by atomic mass is 28.3. The lowest BCUT2D eigenvalue weighted by Crippen LogP contribution is -2.61. The maximum atomic E-state index is 4.27. The Bertz CT molecular complexity index is 1280. The summed E-state index contributed by atoms with van der Waals surface area (Å²) >= 11 is 0. The van der Waals surface area contributed by atoms with Crippen LogP contribution in [0.15, 0.2) is 152 Å². The van der Waals surface area contributed by atoms with Gasteiger partial charge in [0.15, 0.2) is 0 Å². The Labute approximate surface area is 236 Å². The summed E-state index contributed by atoms with van der Waals surface area (Å²) in [5, 5.41) is 2.96. The second-order valence-corrected chi connectivity index (χ2v) is 14.1. The number of allylic oxidation sites excluding steroid dienone is 2. The molecule has 2 nitrogen and oxygen atoms in total. The Hall–Kier alpha value is -3.89. The summed E-state index contributed by atoms with van der Waals surface area (Å²) in [6, 6.07) is 44.4. The van der Waals surface area contributed by atoms with Crippen LogP contribution in [0.25, 0.3) is 0 Å². The zero-order chi connectivity index (χ0) is 27.2. The molecule has 0 unspecified atom stereocenters. The molecular formula is C35H39BN2Si. The molecule has 5 rings (SSSR count). The normalized spacial score (nSPS) is 11.1. The van der Waals surface area contributed by atoms with Gasteiger partial charge in [-0.2, -0.15) is 0 Å². The minimum atomic E-state index is -1.97. The maximum Gasteiger partial charge on any atom is 0.206 e. The number of hydrogen-bond donors (Lipinski definition) is 0. The number of rotatable bonds is 10. The van der Waals surface area contributed by atoms with E-state index in [1.54, 1.807) is 0 Å². The first kappa shape index (κ1) is 28.1. The van der Waals surface area contributed by atoms with E-state index in [-0.39, 0.29) is 0 Å². The zero-order valence-corrected chi connectivity index (χ0v) is 24.2. The summed E-state index contributed by atoms with van der Waals surface area (Å²) in [5.74, 6) is 0. The fraction of sp³-hybridized carbons (Fsp3) is 0.171. The van der Waals surface area contributed by atoms with Gasteiger partial charge in [0.25, 0.3) is 0 Å². The third kappa shape index (κ3) is 7.81. The quantitative estimate of drug-likeness (QED) is 0.162. The van der Waals surface area contributed by atoms with Gasteiger partial charge in [-0.05, 0) is 12.5 Å². The number of imidazole rings is 1. The van der Waals surface area contributed by atoms with E-state index in [2.05, 4.69) is 163 Å². The first-order valence-electron chi connectivity index (χ1n) is 14.0. The largest absolute Gasteiger partial charge is 0.340 e. The Balaban J connectivity index is 0.000000212. The summed E-state index contributed by atoms with van der Waals surface area (Å²) in [4.78, 5) is 4.27. The van der Waals surface area contributed by atoms with E-state index in [0.717, 1.165) is 18.6 Å². The SMILES string of the molecule is CB(c1ccccc1)c1ccccc1.CCCC=CC[Si](Cn1ccnc1)(c1ccccc1)c1ccccc1. The van der Waals surface area contributed by atoms with Crippen LogP contribution in [0.5, 0.6) is 0 Å². The van der Waals surface area contributed by atoms with Crippen LogP contribution in [-0.2, 0) is 6.17 Å². The molecule has 0 bridgehead atoms. The smallest absolute Gasteiger partial charge is 0.206 e. The zero-order valence-electron chi connectivity index (χ0n) is 23.2. The van der Waals surface area contributed by atoms with Gasteiger partial charge >= 0.3 is 0 Å². The van der Waals surface area contributed by atoms with Crippen molar-refractivity contribution in [2.45, 2.75) is 38.8 Å². The van der Waals surface area contributed by atoms with Gasteiger partial charge in [0, 0.05) is 18.6 Å². The molecule has 0 atom stereocenters. The lowest BCUT2D eigenvalue weighted by Gasteiger charge is -2.32. The molecular weight excluding hydrogens is 487 g/mol. The molecule has 196 valence electrons. The molecule has 0 amide bonds. The van der Waals surface area contributed by atoms with E-state index < -0.39 is 8.07 Å². The molecule has 39 heavy (non-hydrogen) atoms. The van der Waals surface area contributed by atoms with Crippen molar-refractivity contribution in [3.05, 3.63) is 152 Å². The van der Waals surface area contributed by atoms with Crippen LogP contribution in [0.2, 0.25) is 12.9 Å². The van der Waals surface area contributed by atoms with Gasteiger partial charge in [0.05, 0.1) is 6.33 Å². The van der Waals surface area contributed by atoms with Gasteiger partial charge in [-0.15, -0.1) is 0 Å². The van der Waals surface area contributed by atoms with Crippen molar-refractivity contribution < 1.29 is 0 Å². The lowest BCUT2D eigenvalue weighted by atomic mass is 9.43. The standard InChI is InChI=1S/C22H26N2Si.C13H13B/c1-2-3-4-11-18-25(20-24-17-16-23-19-24,21-12-7-5-8-13-21)22-14-9-6-10-15-22;1-14(12-8-4-2-5-9-12)13-10-6-3-7-11-13/h4-17,19H,2-3,18,20H2,1H3;2-11H,1H3. The number of unbranched alkanes of at least 4 members (excludes halogenated alkanes) is 1. The molecule has 0 aliphatic rings. The van der Waals surface area contributed by atoms with Gasteiger partial charge < -0.3 is 4.57 Å². The van der Waals surface area contributed by atoms with Crippen molar-refractivity contribution in [2.75, 3.05) is 0 Å². The molecule has 1 heterocycles.